The van der Waals surface area contributed by atoms with Crippen LogP contribution in [-0.2, 0) is 14.3 Å². The summed E-state index contributed by atoms with van der Waals surface area (Å²) >= 11 is 0. The lowest BCUT2D eigenvalue weighted by Crippen LogP contribution is -2.45. The molecule has 6 heteroatoms. The van der Waals surface area contributed by atoms with Crippen LogP contribution in [0.2, 0.25) is 0 Å². The van der Waals surface area contributed by atoms with Gasteiger partial charge in [0.15, 0.2) is 0 Å². The van der Waals surface area contributed by atoms with Gasteiger partial charge in [0.2, 0.25) is 5.91 Å². The van der Waals surface area contributed by atoms with Gasteiger partial charge in [-0.25, -0.2) is 0 Å². The van der Waals surface area contributed by atoms with E-state index in [9.17, 15) is 19.8 Å². The van der Waals surface area contributed by atoms with Crippen molar-refractivity contribution in [2.75, 3.05) is 13.2 Å². The number of amides is 1. The van der Waals surface area contributed by atoms with Gasteiger partial charge in [-0.15, -0.1) is 0 Å². The predicted molar refractivity (Wildman–Crippen MR) is 260 cm³/mol. The molecule has 0 aromatic rings. The number of nitrogens with one attached hydrogen (secondary N) is 1. The van der Waals surface area contributed by atoms with Gasteiger partial charge in [-0.3, -0.25) is 9.59 Å². The number of hydrogen-bond donors (Lipinski definition) is 3. The number of ether oxygens (including phenoxy) is 1. The van der Waals surface area contributed by atoms with Crippen LogP contribution in [0.4, 0.5) is 0 Å². The van der Waals surface area contributed by atoms with Gasteiger partial charge in [0, 0.05) is 12.8 Å². The van der Waals surface area contributed by atoms with Crippen LogP contribution in [0.3, 0.4) is 0 Å². The molecule has 0 rings (SSSR count). The molecule has 0 fully saturated rings. The second-order valence-electron chi connectivity index (χ2n) is 18.6. The molecule has 0 aliphatic rings. The molecule has 2 unspecified atom stereocenters. The first kappa shape index (κ1) is 58.6. The third-order valence-electron chi connectivity index (χ3n) is 12.6. The summed E-state index contributed by atoms with van der Waals surface area (Å²) in [5.74, 6) is -0.0747. The summed E-state index contributed by atoms with van der Waals surface area (Å²) in [7, 11) is 0. The van der Waals surface area contributed by atoms with Gasteiger partial charge >= 0.3 is 5.97 Å². The number of aliphatic hydroxyl groups is 2. The summed E-state index contributed by atoms with van der Waals surface area (Å²) in [5.41, 5.74) is 0. The van der Waals surface area contributed by atoms with E-state index in [0.717, 1.165) is 70.6 Å². The van der Waals surface area contributed by atoms with Crippen LogP contribution in [-0.4, -0.2) is 47.4 Å². The van der Waals surface area contributed by atoms with Crippen molar-refractivity contribution in [1.29, 1.82) is 0 Å². The number of rotatable bonds is 50. The van der Waals surface area contributed by atoms with E-state index in [2.05, 4.69) is 31.3 Å². The van der Waals surface area contributed by atoms with E-state index >= 15 is 0 Å². The quantitative estimate of drug-likeness (QED) is 0.0322. The average Bonchev–Trinajstić information content (AvgIpc) is 3.25. The van der Waals surface area contributed by atoms with Gasteiger partial charge in [0.05, 0.1) is 25.4 Å². The summed E-state index contributed by atoms with van der Waals surface area (Å²) in [6, 6.07) is -0.561. The van der Waals surface area contributed by atoms with Crippen molar-refractivity contribution in [2.24, 2.45) is 0 Å². The Balaban J connectivity index is 3.50. The Morgan fingerprint density at radius 2 is 0.783 bits per heavy atom. The van der Waals surface area contributed by atoms with Crippen LogP contribution in [0.5, 0.6) is 0 Å². The van der Waals surface area contributed by atoms with Crippen molar-refractivity contribution >= 4 is 11.9 Å². The van der Waals surface area contributed by atoms with Crippen LogP contribution < -0.4 is 5.32 Å². The zero-order valence-electron chi connectivity index (χ0n) is 40.5. The zero-order chi connectivity index (χ0) is 43.7. The highest BCUT2D eigenvalue weighted by Gasteiger charge is 2.20. The van der Waals surface area contributed by atoms with Gasteiger partial charge in [-0.05, 0) is 51.4 Å². The molecule has 0 aliphatic carbocycles. The van der Waals surface area contributed by atoms with Crippen LogP contribution in [0.25, 0.3) is 0 Å². The topological polar surface area (TPSA) is 95.9 Å². The van der Waals surface area contributed by atoms with E-state index in [0.29, 0.717) is 25.9 Å². The van der Waals surface area contributed by atoms with Gasteiger partial charge in [-0.2, -0.15) is 0 Å². The zero-order valence-corrected chi connectivity index (χ0v) is 40.5. The molecule has 6 nitrogen and oxygen atoms in total. The second kappa shape index (κ2) is 50.2. The maximum absolute atomic E-state index is 12.5. The Bertz CT molecular complexity index is 893. The molecule has 2 atom stereocenters. The highest BCUT2D eigenvalue weighted by atomic mass is 16.5. The van der Waals surface area contributed by atoms with E-state index in [1.165, 1.54) is 193 Å². The predicted octanol–water partition coefficient (Wildman–Crippen LogP) is 16.1. The first-order valence-corrected chi connectivity index (χ1v) is 26.9. The molecule has 356 valence electrons. The molecule has 0 spiro atoms. The van der Waals surface area contributed by atoms with Crippen molar-refractivity contribution in [3.05, 3.63) is 12.2 Å². The third-order valence-corrected chi connectivity index (χ3v) is 12.6. The van der Waals surface area contributed by atoms with E-state index in [1.54, 1.807) is 0 Å². The molecular formula is C54H105NO5. The van der Waals surface area contributed by atoms with Crippen LogP contribution in [0, 0.1) is 0 Å². The number of esters is 1. The smallest absolute Gasteiger partial charge is 0.305 e. The molecular weight excluding hydrogens is 743 g/mol. The van der Waals surface area contributed by atoms with Crippen molar-refractivity contribution in [1.82, 2.24) is 5.32 Å². The van der Waals surface area contributed by atoms with Crippen molar-refractivity contribution in [3.63, 3.8) is 0 Å². The second-order valence-corrected chi connectivity index (χ2v) is 18.6. The van der Waals surface area contributed by atoms with E-state index < -0.39 is 12.1 Å². The van der Waals surface area contributed by atoms with Gasteiger partial charge < -0.3 is 20.3 Å². The van der Waals surface area contributed by atoms with Gasteiger partial charge in [-0.1, -0.05) is 244 Å². The molecule has 0 saturated heterocycles. The molecule has 3 N–H and O–H groups in total. The number of carbonyl (C=O) groups is 2. The molecule has 0 aromatic heterocycles. The fraction of sp³-hybridized carbons (Fsp3) is 0.926. The van der Waals surface area contributed by atoms with E-state index in [-0.39, 0.29) is 18.5 Å². The van der Waals surface area contributed by atoms with Crippen LogP contribution in [0.1, 0.15) is 296 Å². The fourth-order valence-electron chi connectivity index (χ4n) is 8.40. The first-order chi connectivity index (χ1) is 29.5. The Kier molecular flexibility index (Phi) is 49.1. The van der Waals surface area contributed by atoms with Crippen LogP contribution in [0.15, 0.2) is 12.2 Å². The van der Waals surface area contributed by atoms with Gasteiger partial charge in [0.1, 0.15) is 0 Å². The largest absolute Gasteiger partial charge is 0.466 e. The normalized spacial score (nSPS) is 12.7. The minimum atomic E-state index is -0.680. The Hall–Kier alpha value is -1.40. The maximum atomic E-state index is 12.5. The highest BCUT2D eigenvalue weighted by molar-refractivity contribution is 5.76. The van der Waals surface area contributed by atoms with Crippen molar-refractivity contribution in [3.8, 4) is 0 Å². The maximum Gasteiger partial charge on any atom is 0.305 e. The Labute approximate surface area is 374 Å². The van der Waals surface area contributed by atoms with Gasteiger partial charge in [0.25, 0.3) is 0 Å². The van der Waals surface area contributed by atoms with Crippen LogP contribution >= 0.6 is 0 Å². The Morgan fingerprint density at radius 1 is 0.450 bits per heavy atom. The minimum absolute atomic E-state index is 0.0123. The summed E-state index contributed by atoms with van der Waals surface area (Å²) < 4.78 is 5.44. The third kappa shape index (κ3) is 46.1. The lowest BCUT2D eigenvalue weighted by atomic mass is 10.0. The number of aliphatic hydroxyl groups excluding tert-OH is 2. The molecule has 1 amide bonds. The summed E-state index contributed by atoms with van der Waals surface area (Å²) in [6.45, 7) is 4.92. The molecule has 0 heterocycles. The Morgan fingerprint density at radius 3 is 1.20 bits per heavy atom. The van der Waals surface area contributed by atoms with Crippen molar-refractivity contribution < 1.29 is 24.5 Å². The molecule has 60 heavy (non-hydrogen) atoms. The summed E-state index contributed by atoms with van der Waals surface area (Å²) in [5, 5.41) is 23.3. The minimum Gasteiger partial charge on any atom is -0.466 e. The summed E-state index contributed by atoms with van der Waals surface area (Å²) in [6.07, 6.45) is 57.6. The molecule has 0 radical (unpaired) electrons. The number of allylic oxidation sites excluding steroid dienone is 2. The monoisotopic (exact) mass is 848 g/mol. The molecule has 0 saturated carbocycles. The van der Waals surface area contributed by atoms with Crippen molar-refractivity contribution in [2.45, 2.75) is 309 Å². The average molecular weight is 848 g/mol. The fourth-order valence-corrected chi connectivity index (χ4v) is 8.40. The number of unbranched alkanes of at least 4 members (excludes halogenated alkanes) is 37. The summed E-state index contributed by atoms with van der Waals surface area (Å²) in [4.78, 5) is 24.4. The van der Waals surface area contributed by atoms with E-state index in [1.807, 2.05) is 0 Å². The number of hydrogen-bond acceptors (Lipinski definition) is 5. The SMILES string of the molecule is CCCCCCCCCCCCCCCCCCCCCC(O)C(CO)NC(=O)CCCCC/C=C\CCCCCCCCOC(=O)CCCCCCCCCCCCC. The molecule has 0 bridgehead atoms. The molecule has 0 aliphatic heterocycles. The number of carbonyl (C=O) groups excluding carboxylic acids is 2. The lowest BCUT2D eigenvalue weighted by molar-refractivity contribution is -0.143. The highest BCUT2D eigenvalue weighted by Crippen LogP contribution is 2.17. The molecule has 0 aromatic carbocycles. The lowest BCUT2D eigenvalue weighted by Gasteiger charge is -2.22. The standard InChI is InChI=1S/C54H105NO5/c1-3-5-7-9-11-13-15-16-17-18-19-20-21-23-27-30-34-38-42-46-52(57)51(50-56)55-53(58)47-43-39-35-31-28-24-22-25-29-33-37-41-45-49-60-54(59)48-44-40-36-32-26-14-12-10-8-6-4-2/h24,28,51-52,56-57H,3-23,25-27,29-50H2,1-2H3,(H,55,58)/b28-24-. The first-order valence-electron chi connectivity index (χ1n) is 26.9. The van der Waals surface area contributed by atoms with E-state index in [4.69, 9.17) is 4.74 Å².